The Labute approximate surface area is 68.6 Å². The molecule has 1 aliphatic rings. The van der Waals surface area contributed by atoms with Crippen LogP contribution >= 0.6 is 0 Å². The van der Waals surface area contributed by atoms with Crippen LogP contribution in [-0.4, -0.2) is 23.4 Å². The van der Waals surface area contributed by atoms with Crippen LogP contribution in [0.4, 0.5) is 0 Å². The molecule has 1 fully saturated rings. The predicted molar refractivity (Wildman–Crippen MR) is 44.3 cm³/mol. The Morgan fingerprint density at radius 3 is 1.91 bits per heavy atom. The molecule has 0 unspecified atom stereocenters. The smallest absolute Gasteiger partial charge is 0.110 e. The Morgan fingerprint density at radius 2 is 1.64 bits per heavy atom. The van der Waals surface area contributed by atoms with Crippen molar-refractivity contribution in [1.29, 1.82) is 0 Å². The second-order valence-electron chi connectivity index (χ2n) is 4.04. The molecule has 0 aliphatic carbocycles. The van der Waals surface area contributed by atoms with Crippen LogP contribution in [0, 0.1) is 11.8 Å². The molecule has 0 aromatic heterocycles. The molecule has 0 aromatic carbocycles. The van der Waals surface area contributed by atoms with Crippen molar-refractivity contribution in [3.63, 3.8) is 0 Å². The maximum absolute atomic E-state index is 9.56. The Balaban J connectivity index is 2.31. The molecule has 0 bridgehead atoms. The van der Waals surface area contributed by atoms with E-state index < -0.39 is 0 Å². The third-order valence-electron chi connectivity index (χ3n) is 2.24. The van der Waals surface area contributed by atoms with E-state index in [0.717, 1.165) is 0 Å². The summed E-state index contributed by atoms with van der Waals surface area (Å²) in [5.74, 6) is 0.845. The van der Waals surface area contributed by atoms with Crippen molar-refractivity contribution >= 4 is 0 Å². The van der Waals surface area contributed by atoms with Crippen molar-refractivity contribution in [1.82, 2.24) is 0 Å². The second-order valence-corrected chi connectivity index (χ2v) is 4.04. The molecular weight excluding hydrogens is 140 g/mol. The molecule has 1 heterocycles. The van der Waals surface area contributed by atoms with E-state index in [0.29, 0.717) is 17.9 Å². The maximum atomic E-state index is 9.56. The summed E-state index contributed by atoms with van der Waals surface area (Å²) in [6, 6.07) is 0. The van der Waals surface area contributed by atoms with Crippen LogP contribution in [0.1, 0.15) is 27.7 Å². The number of hydrogen-bond acceptors (Lipinski definition) is 2. The van der Waals surface area contributed by atoms with Crippen LogP contribution in [0.3, 0.4) is 0 Å². The fourth-order valence-corrected chi connectivity index (χ4v) is 1.33. The summed E-state index contributed by atoms with van der Waals surface area (Å²) < 4.78 is 5.35. The van der Waals surface area contributed by atoms with Crippen molar-refractivity contribution in [2.24, 2.45) is 11.8 Å². The van der Waals surface area contributed by atoms with Gasteiger partial charge in [0.2, 0.25) is 0 Å². The molecule has 1 aliphatic heterocycles. The summed E-state index contributed by atoms with van der Waals surface area (Å²) in [6.45, 7) is 8.28. The monoisotopic (exact) mass is 158 g/mol. The molecule has 3 atom stereocenters. The van der Waals surface area contributed by atoms with Gasteiger partial charge < -0.3 is 9.84 Å². The van der Waals surface area contributed by atoms with Gasteiger partial charge >= 0.3 is 0 Å². The van der Waals surface area contributed by atoms with Crippen molar-refractivity contribution < 1.29 is 9.84 Å². The van der Waals surface area contributed by atoms with Gasteiger partial charge in [0.15, 0.2) is 0 Å². The summed E-state index contributed by atoms with van der Waals surface area (Å²) in [5.41, 5.74) is 0. The minimum atomic E-state index is -0.276. The largest absolute Gasteiger partial charge is 0.390 e. The van der Waals surface area contributed by atoms with E-state index in [1.165, 1.54) is 0 Å². The molecular formula is C9H18O2. The van der Waals surface area contributed by atoms with Gasteiger partial charge in [0, 0.05) is 0 Å². The van der Waals surface area contributed by atoms with Crippen molar-refractivity contribution in [3.8, 4) is 0 Å². The van der Waals surface area contributed by atoms with Crippen LogP contribution in [0.15, 0.2) is 0 Å². The molecule has 0 aromatic rings. The topological polar surface area (TPSA) is 32.8 Å². The third kappa shape index (κ3) is 1.94. The molecule has 66 valence electrons. The number of hydrogen-bond donors (Lipinski definition) is 1. The minimum absolute atomic E-state index is 0.106. The maximum Gasteiger partial charge on any atom is 0.110 e. The highest BCUT2D eigenvalue weighted by atomic mass is 16.6. The number of rotatable bonds is 3. The lowest BCUT2D eigenvalue weighted by atomic mass is 9.98. The first-order chi connectivity index (χ1) is 5.04. The van der Waals surface area contributed by atoms with E-state index in [-0.39, 0.29) is 12.2 Å². The van der Waals surface area contributed by atoms with Crippen LogP contribution in [0.5, 0.6) is 0 Å². The summed E-state index contributed by atoms with van der Waals surface area (Å²) >= 11 is 0. The standard InChI is InChI=1S/C9H18O2/c1-5(2)7(10)9-8(11-9)6(3)4/h5-10H,1-4H3/t7-,8+,9+/m1/s1. The van der Waals surface area contributed by atoms with Gasteiger partial charge in [-0.3, -0.25) is 0 Å². The van der Waals surface area contributed by atoms with Gasteiger partial charge in [-0.1, -0.05) is 27.7 Å². The summed E-state index contributed by atoms with van der Waals surface area (Å²) in [5, 5.41) is 9.56. The average molecular weight is 158 g/mol. The van der Waals surface area contributed by atoms with Crippen molar-refractivity contribution in [2.45, 2.75) is 46.0 Å². The molecule has 0 spiro atoms. The third-order valence-corrected chi connectivity index (χ3v) is 2.24. The lowest BCUT2D eigenvalue weighted by Gasteiger charge is -2.11. The Hall–Kier alpha value is -0.0800. The molecule has 0 amide bonds. The first kappa shape index (κ1) is 9.01. The van der Waals surface area contributed by atoms with Gasteiger partial charge in [-0.15, -0.1) is 0 Å². The lowest BCUT2D eigenvalue weighted by molar-refractivity contribution is 0.0922. The zero-order chi connectivity index (χ0) is 8.59. The summed E-state index contributed by atoms with van der Waals surface area (Å²) in [6.07, 6.45) is 0.129. The Bertz CT molecular complexity index is 132. The number of aliphatic hydroxyl groups excluding tert-OH is 1. The Morgan fingerprint density at radius 1 is 1.09 bits per heavy atom. The SMILES string of the molecule is CC(C)[C@@H](O)[C@@H]1O[C@H]1C(C)C. The van der Waals surface area contributed by atoms with Crippen molar-refractivity contribution in [3.05, 3.63) is 0 Å². The van der Waals surface area contributed by atoms with Gasteiger partial charge in [0.1, 0.15) is 6.10 Å². The molecule has 1 saturated heterocycles. The van der Waals surface area contributed by atoms with Crippen molar-refractivity contribution in [2.75, 3.05) is 0 Å². The average Bonchev–Trinajstić information content (AvgIpc) is 2.63. The van der Waals surface area contributed by atoms with E-state index >= 15 is 0 Å². The van der Waals surface area contributed by atoms with Gasteiger partial charge in [0.05, 0.1) is 12.2 Å². The van der Waals surface area contributed by atoms with Gasteiger partial charge in [-0.25, -0.2) is 0 Å². The highest BCUT2D eigenvalue weighted by molar-refractivity contribution is 4.93. The quantitative estimate of drug-likeness (QED) is 0.630. The number of ether oxygens (including phenoxy) is 1. The van der Waals surface area contributed by atoms with Crippen LogP contribution in [0.25, 0.3) is 0 Å². The van der Waals surface area contributed by atoms with E-state index in [9.17, 15) is 5.11 Å². The summed E-state index contributed by atoms with van der Waals surface area (Å²) in [7, 11) is 0. The number of aliphatic hydroxyl groups is 1. The van der Waals surface area contributed by atoms with E-state index in [1.54, 1.807) is 0 Å². The zero-order valence-corrected chi connectivity index (χ0v) is 7.74. The van der Waals surface area contributed by atoms with Gasteiger partial charge in [-0.05, 0) is 11.8 Å². The second kappa shape index (κ2) is 3.11. The highest BCUT2D eigenvalue weighted by Gasteiger charge is 2.46. The minimum Gasteiger partial charge on any atom is -0.390 e. The van der Waals surface area contributed by atoms with Gasteiger partial charge in [0.25, 0.3) is 0 Å². The fourth-order valence-electron chi connectivity index (χ4n) is 1.33. The zero-order valence-electron chi connectivity index (χ0n) is 7.74. The number of epoxide rings is 1. The highest BCUT2D eigenvalue weighted by Crippen LogP contribution is 2.33. The Kier molecular flexibility index (Phi) is 2.55. The first-order valence-electron chi connectivity index (χ1n) is 4.37. The molecule has 1 N–H and O–H groups in total. The first-order valence-corrected chi connectivity index (χ1v) is 4.37. The molecule has 11 heavy (non-hydrogen) atoms. The molecule has 1 rings (SSSR count). The molecule has 0 radical (unpaired) electrons. The van der Waals surface area contributed by atoms with Gasteiger partial charge in [-0.2, -0.15) is 0 Å². The van der Waals surface area contributed by atoms with Crippen LogP contribution < -0.4 is 0 Å². The van der Waals surface area contributed by atoms with E-state index in [4.69, 9.17) is 4.74 Å². The van der Waals surface area contributed by atoms with Crippen LogP contribution in [0.2, 0.25) is 0 Å². The van der Waals surface area contributed by atoms with E-state index in [1.807, 2.05) is 13.8 Å². The molecule has 2 nitrogen and oxygen atoms in total. The van der Waals surface area contributed by atoms with E-state index in [2.05, 4.69) is 13.8 Å². The van der Waals surface area contributed by atoms with Crippen LogP contribution in [-0.2, 0) is 4.74 Å². The normalized spacial score (nSPS) is 33.0. The predicted octanol–water partition coefficient (Wildman–Crippen LogP) is 1.43. The fraction of sp³-hybridized carbons (Fsp3) is 1.00. The summed E-state index contributed by atoms with van der Waals surface area (Å²) in [4.78, 5) is 0. The lowest BCUT2D eigenvalue weighted by Crippen LogP contribution is -2.24. The molecule has 2 heteroatoms. The molecule has 0 saturated carbocycles.